The van der Waals surface area contributed by atoms with Gasteiger partial charge >= 0.3 is 0 Å². The molecule has 0 aliphatic carbocycles. The van der Waals surface area contributed by atoms with E-state index in [9.17, 15) is 0 Å². The highest BCUT2D eigenvalue weighted by Gasteiger charge is 2.16. The standard InChI is InChI=1S/C17H25N3/c1-5-15-11-16(20(4)19-15)10-14(12-18-3)17-9-7-6-8-13(17)2/h6-9,11,14,18H,5,10,12H2,1-4H3. The maximum absolute atomic E-state index is 4.55. The summed E-state index contributed by atoms with van der Waals surface area (Å²) >= 11 is 0. The Kier molecular flexibility index (Phi) is 4.96. The lowest BCUT2D eigenvalue weighted by molar-refractivity contribution is 0.588. The molecule has 2 rings (SSSR count). The van der Waals surface area contributed by atoms with Gasteiger partial charge < -0.3 is 5.32 Å². The van der Waals surface area contributed by atoms with Gasteiger partial charge in [-0.2, -0.15) is 5.10 Å². The van der Waals surface area contributed by atoms with Crippen molar-refractivity contribution in [1.82, 2.24) is 15.1 Å². The van der Waals surface area contributed by atoms with Gasteiger partial charge in [0.2, 0.25) is 0 Å². The molecule has 3 nitrogen and oxygen atoms in total. The molecule has 0 aliphatic heterocycles. The lowest BCUT2D eigenvalue weighted by atomic mass is 9.90. The van der Waals surface area contributed by atoms with Crippen molar-refractivity contribution in [3.63, 3.8) is 0 Å². The monoisotopic (exact) mass is 271 g/mol. The number of nitrogens with one attached hydrogen (secondary N) is 1. The number of likely N-dealkylation sites (N-methyl/N-ethyl adjacent to an activating group) is 1. The van der Waals surface area contributed by atoms with E-state index in [1.54, 1.807) is 0 Å². The molecule has 0 radical (unpaired) electrons. The molecule has 3 heteroatoms. The van der Waals surface area contributed by atoms with Gasteiger partial charge in [-0.15, -0.1) is 0 Å². The summed E-state index contributed by atoms with van der Waals surface area (Å²) in [5, 5.41) is 7.88. The van der Waals surface area contributed by atoms with Crippen LogP contribution in [0, 0.1) is 6.92 Å². The van der Waals surface area contributed by atoms with E-state index in [1.807, 2.05) is 18.8 Å². The SMILES string of the molecule is CCc1cc(CC(CNC)c2ccccc2C)n(C)n1. The molecule has 0 saturated carbocycles. The van der Waals surface area contributed by atoms with Gasteiger partial charge in [-0.05, 0) is 44.0 Å². The van der Waals surface area contributed by atoms with E-state index in [0.717, 1.165) is 19.4 Å². The zero-order valence-corrected chi connectivity index (χ0v) is 13.0. The van der Waals surface area contributed by atoms with Crippen LogP contribution in [-0.4, -0.2) is 23.4 Å². The maximum atomic E-state index is 4.55. The smallest absolute Gasteiger partial charge is 0.0624 e. The normalized spacial score (nSPS) is 12.6. The van der Waals surface area contributed by atoms with E-state index in [1.165, 1.54) is 22.5 Å². The molecule has 20 heavy (non-hydrogen) atoms. The maximum Gasteiger partial charge on any atom is 0.0624 e. The summed E-state index contributed by atoms with van der Waals surface area (Å²) in [7, 11) is 4.06. The number of aromatic nitrogens is 2. The molecule has 1 atom stereocenters. The fraction of sp³-hybridized carbons (Fsp3) is 0.471. The van der Waals surface area contributed by atoms with Gasteiger partial charge in [-0.1, -0.05) is 31.2 Å². The highest BCUT2D eigenvalue weighted by molar-refractivity contribution is 5.31. The summed E-state index contributed by atoms with van der Waals surface area (Å²) in [6.07, 6.45) is 2.02. The number of hydrogen-bond donors (Lipinski definition) is 1. The molecule has 2 aromatic rings. The molecule has 108 valence electrons. The molecule has 1 unspecified atom stereocenters. The van der Waals surface area contributed by atoms with Crippen LogP contribution in [0.3, 0.4) is 0 Å². The van der Waals surface area contributed by atoms with Crippen molar-refractivity contribution in [2.45, 2.75) is 32.6 Å². The Morgan fingerprint density at radius 3 is 2.65 bits per heavy atom. The van der Waals surface area contributed by atoms with E-state index < -0.39 is 0 Å². The summed E-state index contributed by atoms with van der Waals surface area (Å²) in [6.45, 7) is 5.33. The molecule has 0 aliphatic rings. The number of rotatable bonds is 6. The van der Waals surface area contributed by atoms with Crippen LogP contribution in [0.15, 0.2) is 30.3 Å². The van der Waals surface area contributed by atoms with Crippen LogP contribution in [0.4, 0.5) is 0 Å². The van der Waals surface area contributed by atoms with Crippen LogP contribution in [0.25, 0.3) is 0 Å². The lowest BCUT2D eigenvalue weighted by Gasteiger charge is -2.19. The molecular formula is C17H25N3. The summed E-state index contributed by atoms with van der Waals surface area (Å²) in [6, 6.07) is 10.9. The summed E-state index contributed by atoms with van der Waals surface area (Å²) < 4.78 is 2.03. The Labute approximate surface area is 122 Å². The number of nitrogens with zero attached hydrogens (tertiary/aromatic N) is 2. The molecular weight excluding hydrogens is 246 g/mol. The third-order valence-corrected chi connectivity index (χ3v) is 3.92. The molecule has 1 aromatic carbocycles. The van der Waals surface area contributed by atoms with Gasteiger partial charge in [0.25, 0.3) is 0 Å². The van der Waals surface area contributed by atoms with E-state index in [4.69, 9.17) is 0 Å². The van der Waals surface area contributed by atoms with Gasteiger partial charge in [-0.3, -0.25) is 4.68 Å². The highest BCUT2D eigenvalue weighted by atomic mass is 15.3. The summed E-state index contributed by atoms with van der Waals surface area (Å²) in [4.78, 5) is 0. The predicted octanol–water partition coefficient (Wildman–Crippen LogP) is 2.84. The van der Waals surface area contributed by atoms with Crippen molar-refractivity contribution in [2.24, 2.45) is 7.05 Å². The zero-order valence-electron chi connectivity index (χ0n) is 13.0. The Balaban J connectivity index is 2.25. The first-order chi connectivity index (χ1) is 9.65. The van der Waals surface area contributed by atoms with Crippen LogP contribution in [0.1, 0.15) is 35.4 Å². The Morgan fingerprint density at radius 2 is 2.05 bits per heavy atom. The third kappa shape index (κ3) is 3.28. The fourth-order valence-electron chi connectivity index (χ4n) is 2.77. The second-order valence-corrected chi connectivity index (χ2v) is 5.42. The third-order valence-electron chi connectivity index (χ3n) is 3.92. The molecule has 0 saturated heterocycles. The average Bonchev–Trinajstić information content (AvgIpc) is 2.80. The van der Waals surface area contributed by atoms with E-state index in [2.05, 4.69) is 54.6 Å². The van der Waals surface area contributed by atoms with E-state index in [-0.39, 0.29) is 0 Å². The fourth-order valence-corrected chi connectivity index (χ4v) is 2.77. The summed E-state index contributed by atoms with van der Waals surface area (Å²) in [5.74, 6) is 0.487. The lowest BCUT2D eigenvalue weighted by Crippen LogP contribution is -2.20. The van der Waals surface area contributed by atoms with Crippen molar-refractivity contribution in [3.05, 3.63) is 52.8 Å². The molecule has 0 spiro atoms. The molecule has 1 aromatic heterocycles. The topological polar surface area (TPSA) is 29.9 Å². The van der Waals surface area contributed by atoms with E-state index in [0.29, 0.717) is 5.92 Å². The minimum atomic E-state index is 0.487. The number of benzene rings is 1. The molecule has 1 heterocycles. The Morgan fingerprint density at radius 1 is 1.30 bits per heavy atom. The minimum absolute atomic E-state index is 0.487. The highest BCUT2D eigenvalue weighted by Crippen LogP contribution is 2.23. The number of hydrogen-bond acceptors (Lipinski definition) is 2. The predicted molar refractivity (Wildman–Crippen MR) is 84.1 cm³/mol. The first kappa shape index (κ1) is 14.8. The van der Waals surface area contributed by atoms with Crippen LogP contribution in [0.2, 0.25) is 0 Å². The van der Waals surface area contributed by atoms with Crippen molar-refractivity contribution < 1.29 is 0 Å². The Hall–Kier alpha value is -1.61. The van der Waals surface area contributed by atoms with Crippen molar-refractivity contribution in [1.29, 1.82) is 0 Å². The average molecular weight is 271 g/mol. The second kappa shape index (κ2) is 6.71. The summed E-state index contributed by atoms with van der Waals surface area (Å²) in [5.41, 5.74) is 5.28. The molecule has 0 fully saturated rings. The Bertz CT molecular complexity index is 557. The zero-order chi connectivity index (χ0) is 14.5. The van der Waals surface area contributed by atoms with Gasteiger partial charge in [0, 0.05) is 25.2 Å². The first-order valence-corrected chi connectivity index (χ1v) is 7.37. The molecule has 0 bridgehead atoms. The van der Waals surface area contributed by atoms with Crippen LogP contribution >= 0.6 is 0 Å². The van der Waals surface area contributed by atoms with Gasteiger partial charge in [0.05, 0.1) is 5.69 Å². The quantitative estimate of drug-likeness (QED) is 0.875. The van der Waals surface area contributed by atoms with Crippen molar-refractivity contribution in [3.8, 4) is 0 Å². The van der Waals surface area contributed by atoms with Crippen LogP contribution in [0.5, 0.6) is 0 Å². The largest absolute Gasteiger partial charge is 0.319 e. The minimum Gasteiger partial charge on any atom is -0.319 e. The van der Waals surface area contributed by atoms with Crippen LogP contribution in [-0.2, 0) is 19.9 Å². The van der Waals surface area contributed by atoms with Gasteiger partial charge in [-0.25, -0.2) is 0 Å². The molecule has 0 amide bonds. The molecule has 1 N–H and O–H groups in total. The van der Waals surface area contributed by atoms with Crippen LogP contribution < -0.4 is 5.32 Å². The van der Waals surface area contributed by atoms with Gasteiger partial charge in [0.15, 0.2) is 0 Å². The van der Waals surface area contributed by atoms with Crippen molar-refractivity contribution in [2.75, 3.05) is 13.6 Å². The van der Waals surface area contributed by atoms with E-state index >= 15 is 0 Å². The van der Waals surface area contributed by atoms with Crippen molar-refractivity contribution >= 4 is 0 Å². The first-order valence-electron chi connectivity index (χ1n) is 7.37. The number of aryl methyl sites for hydroxylation is 3. The van der Waals surface area contributed by atoms with Gasteiger partial charge in [0.1, 0.15) is 0 Å². The second-order valence-electron chi connectivity index (χ2n) is 5.42.